The van der Waals surface area contributed by atoms with Crippen molar-refractivity contribution < 1.29 is 14.3 Å². The number of benzene rings is 1. The van der Waals surface area contributed by atoms with Crippen LogP contribution < -0.4 is 15.4 Å². The Labute approximate surface area is 173 Å². The maximum absolute atomic E-state index is 13.0. The standard InChI is InChI=1S/C20H25N5O3S/c1-14-22-15(13-29-14)10-23-6-8-24(9-7-23)12-19(26)25-11-18(20(21)27)28-17-5-3-2-4-16(17)25/h2-5,13,18H,6-12H2,1H3,(H2,21,27). The van der Waals surface area contributed by atoms with Crippen LogP contribution in [0.5, 0.6) is 5.75 Å². The Hall–Kier alpha value is -2.49. The number of rotatable bonds is 5. The SMILES string of the molecule is Cc1nc(CN2CCN(CC(=O)N3CC(C(N)=O)Oc4ccccc43)CC2)cs1. The van der Waals surface area contributed by atoms with Gasteiger partial charge in [0.05, 0.1) is 29.5 Å². The third kappa shape index (κ3) is 4.58. The molecule has 1 unspecified atom stereocenters. The minimum absolute atomic E-state index is 0.0458. The van der Waals surface area contributed by atoms with Crippen molar-refractivity contribution in [1.29, 1.82) is 0 Å². The maximum Gasteiger partial charge on any atom is 0.260 e. The average molecular weight is 416 g/mol. The number of nitrogens with zero attached hydrogens (tertiary/aromatic N) is 4. The minimum Gasteiger partial charge on any atom is -0.477 e. The lowest BCUT2D eigenvalue weighted by Gasteiger charge is -2.37. The van der Waals surface area contributed by atoms with Crippen LogP contribution in [0.4, 0.5) is 5.69 Å². The third-order valence-electron chi connectivity index (χ3n) is 5.27. The quantitative estimate of drug-likeness (QED) is 0.778. The van der Waals surface area contributed by atoms with Gasteiger partial charge in [0.2, 0.25) is 5.91 Å². The van der Waals surface area contributed by atoms with Gasteiger partial charge in [0, 0.05) is 38.1 Å². The van der Waals surface area contributed by atoms with Crippen LogP contribution >= 0.6 is 11.3 Å². The van der Waals surface area contributed by atoms with Crippen LogP contribution in [0.2, 0.25) is 0 Å². The Bertz CT molecular complexity index is 894. The monoisotopic (exact) mass is 415 g/mol. The zero-order chi connectivity index (χ0) is 20.4. The number of carbonyl (C=O) groups excluding carboxylic acids is 2. The number of amides is 2. The summed E-state index contributed by atoms with van der Waals surface area (Å²) < 4.78 is 5.64. The molecule has 2 aliphatic heterocycles. The van der Waals surface area contributed by atoms with Crippen LogP contribution in [0.3, 0.4) is 0 Å². The number of ether oxygens (including phenoxy) is 1. The van der Waals surface area contributed by atoms with Crippen molar-refractivity contribution in [2.24, 2.45) is 5.73 Å². The highest BCUT2D eigenvalue weighted by atomic mass is 32.1. The van der Waals surface area contributed by atoms with Gasteiger partial charge in [0.1, 0.15) is 5.75 Å². The van der Waals surface area contributed by atoms with Crippen molar-refractivity contribution in [3.63, 3.8) is 0 Å². The summed E-state index contributed by atoms with van der Waals surface area (Å²) in [4.78, 5) is 35.3. The molecule has 2 aliphatic rings. The number of thiazole rings is 1. The molecule has 0 spiro atoms. The fraction of sp³-hybridized carbons (Fsp3) is 0.450. The number of aromatic nitrogens is 1. The van der Waals surface area contributed by atoms with Crippen LogP contribution in [-0.4, -0.2) is 72.0 Å². The molecule has 0 bridgehead atoms. The predicted molar refractivity (Wildman–Crippen MR) is 111 cm³/mol. The molecule has 2 aromatic rings. The van der Waals surface area contributed by atoms with Gasteiger partial charge in [-0.25, -0.2) is 4.98 Å². The van der Waals surface area contributed by atoms with Crippen molar-refractivity contribution in [3.05, 3.63) is 40.3 Å². The number of aryl methyl sites for hydroxylation is 1. The molecule has 154 valence electrons. The van der Waals surface area contributed by atoms with Crippen molar-refractivity contribution >= 4 is 28.8 Å². The van der Waals surface area contributed by atoms with Gasteiger partial charge >= 0.3 is 0 Å². The van der Waals surface area contributed by atoms with Crippen LogP contribution in [0, 0.1) is 6.92 Å². The van der Waals surface area contributed by atoms with Crippen LogP contribution in [0.1, 0.15) is 10.7 Å². The first-order valence-electron chi connectivity index (χ1n) is 9.70. The van der Waals surface area contributed by atoms with E-state index in [-0.39, 0.29) is 12.5 Å². The zero-order valence-corrected chi connectivity index (χ0v) is 17.2. The summed E-state index contributed by atoms with van der Waals surface area (Å²) in [5.74, 6) is -0.0990. The first kappa shape index (κ1) is 19.8. The van der Waals surface area contributed by atoms with Crippen molar-refractivity contribution in [2.75, 3.05) is 44.2 Å². The van der Waals surface area contributed by atoms with Gasteiger partial charge < -0.3 is 15.4 Å². The normalized spacial score (nSPS) is 20.2. The molecule has 8 nitrogen and oxygen atoms in total. The van der Waals surface area contributed by atoms with Gasteiger partial charge in [-0.2, -0.15) is 0 Å². The molecule has 4 rings (SSSR count). The molecule has 9 heteroatoms. The Morgan fingerprint density at radius 2 is 1.93 bits per heavy atom. The molecular weight excluding hydrogens is 390 g/mol. The second kappa shape index (κ2) is 8.48. The molecule has 29 heavy (non-hydrogen) atoms. The number of hydrogen-bond donors (Lipinski definition) is 1. The van der Waals surface area contributed by atoms with Crippen molar-refractivity contribution in [3.8, 4) is 5.75 Å². The van der Waals surface area contributed by atoms with Crippen LogP contribution in [-0.2, 0) is 16.1 Å². The molecule has 2 N–H and O–H groups in total. The predicted octanol–water partition coefficient (Wildman–Crippen LogP) is 0.849. The van der Waals surface area contributed by atoms with Crippen LogP contribution in [0.15, 0.2) is 29.6 Å². The lowest BCUT2D eigenvalue weighted by atomic mass is 10.1. The number of anilines is 1. The van der Waals surface area contributed by atoms with Crippen molar-refractivity contribution in [2.45, 2.75) is 19.6 Å². The molecule has 0 radical (unpaired) electrons. The summed E-state index contributed by atoms with van der Waals surface area (Å²) >= 11 is 1.67. The van der Waals surface area contributed by atoms with Gasteiger partial charge in [-0.05, 0) is 19.1 Å². The number of para-hydroxylation sites is 2. The smallest absolute Gasteiger partial charge is 0.260 e. The molecule has 1 atom stereocenters. The van der Waals surface area contributed by atoms with Crippen LogP contribution in [0.25, 0.3) is 0 Å². The number of hydrogen-bond acceptors (Lipinski definition) is 7. The van der Waals surface area contributed by atoms with E-state index in [1.807, 2.05) is 25.1 Å². The number of piperazine rings is 1. The lowest BCUT2D eigenvalue weighted by Crippen LogP contribution is -2.53. The molecular formula is C20H25N5O3S. The van der Waals surface area contributed by atoms with E-state index in [1.54, 1.807) is 22.3 Å². The molecule has 1 saturated heterocycles. The highest BCUT2D eigenvalue weighted by Gasteiger charge is 2.33. The molecule has 0 saturated carbocycles. The average Bonchev–Trinajstić information content (AvgIpc) is 3.13. The molecule has 2 amide bonds. The van der Waals surface area contributed by atoms with Gasteiger partial charge in [-0.15, -0.1) is 11.3 Å². The Morgan fingerprint density at radius 1 is 1.21 bits per heavy atom. The van der Waals surface area contributed by atoms with E-state index in [2.05, 4.69) is 20.2 Å². The van der Waals surface area contributed by atoms with E-state index in [4.69, 9.17) is 10.5 Å². The summed E-state index contributed by atoms with van der Waals surface area (Å²) in [5, 5.41) is 3.19. The van der Waals surface area contributed by atoms with Gasteiger partial charge in [-0.1, -0.05) is 12.1 Å². The van der Waals surface area contributed by atoms with E-state index in [0.29, 0.717) is 18.0 Å². The van der Waals surface area contributed by atoms with Gasteiger partial charge in [0.15, 0.2) is 6.10 Å². The maximum atomic E-state index is 13.0. The molecule has 1 aromatic carbocycles. The Balaban J connectivity index is 1.35. The second-order valence-electron chi connectivity index (χ2n) is 7.39. The third-order valence-corrected chi connectivity index (χ3v) is 6.09. The lowest BCUT2D eigenvalue weighted by molar-refractivity contribution is -0.125. The van der Waals surface area contributed by atoms with E-state index < -0.39 is 12.0 Å². The molecule has 3 heterocycles. The highest BCUT2D eigenvalue weighted by Crippen LogP contribution is 2.33. The van der Waals surface area contributed by atoms with E-state index in [0.717, 1.165) is 43.4 Å². The number of primary amides is 1. The Kier molecular flexibility index (Phi) is 5.79. The van der Waals surface area contributed by atoms with Crippen molar-refractivity contribution in [1.82, 2.24) is 14.8 Å². The first-order chi connectivity index (χ1) is 14.0. The number of nitrogens with two attached hydrogens (primary N) is 1. The minimum atomic E-state index is -0.827. The molecule has 0 aliphatic carbocycles. The molecule has 1 fully saturated rings. The van der Waals surface area contributed by atoms with Gasteiger partial charge in [-0.3, -0.25) is 19.4 Å². The highest BCUT2D eigenvalue weighted by molar-refractivity contribution is 7.09. The summed E-state index contributed by atoms with van der Waals surface area (Å²) in [5.41, 5.74) is 7.23. The van der Waals surface area contributed by atoms with Gasteiger partial charge in [0.25, 0.3) is 5.91 Å². The fourth-order valence-electron chi connectivity index (χ4n) is 3.71. The number of fused-ring (bicyclic) bond motifs is 1. The largest absolute Gasteiger partial charge is 0.477 e. The van der Waals surface area contributed by atoms with E-state index in [1.165, 1.54) is 0 Å². The topological polar surface area (TPSA) is 92.0 Å². The summed E-state index contributed by atoms with van der Waals surface area (Å²) in [6, 6.07) is 7.25. The second-order valence-corrected chi connectivity index (χ2v) is 8.45. The Morgan fingerprint density at radius 3 is 2.62 bits per heavy atom. The molecule has 1 aromatic heterocycles. The number of carbonyl (C=O) groups is 2. The summed E-state index contributed by atoms with van der Waals surface area (Å²) in [7, 11) is 0. The van der Waals surface area contributed by atoms with E-state index in [9.17, 15) is 9.59 Å². The summed E-state index contributed by atoms with van der Waals surface area (Å²) in [6.07, 6.45) is -0.827. The first-order valence-corrected chi connectivity index (χ1v) is 10.6. The zero-order valence-electron chi connectivity index (χ0n) is 16.4. The van der Waals surface area contributed by atoms with E-state index >= 15 is 0 Å². The fourth-order valence-corrected chi connectivity index (χ4v) is 4.31. The summed E-state index contributed by atoms with van der Waals surface area (Å²) in [6.45, 7) is 6.76.